The highest BCUT2D eigenvalue weighted by molar-refractivity contribution is 6.32. The standard InChI is InChI=1S/C9H13Cl.C2H6/c1-6-4-7(2)8(3)9(10)5-6;1-2/h5-6H,4H2,1-3H3;1-2H3. The largest absolute Gasteiger partial charge is 0.0844 e. The first kappa shape index (κ1) is 11.8. The minimum absolute atomic E-state index is 0.621. The molecule has 1 unspecified atom stereocenters. The van der Waals surface area contributed by atoms with Crippen LogP contribution in [0.2, 0.25) is 0 Å². The molecule has 1 aliphatic carbocycles. The normalized spacial score (nSPS) is 22.8. The van der Waals surface area contributed by atoms with Crippen LogP contribution < -0.4 is 0 Å². The van der Waals surface area contributed by atoms with Crippen LogP contribution in [0.3, 0.4) is 0 Å². The minimum Gasteiger partial charge on any atom is -0.0844 e. The molecule has 0 amide bonds. The van der Waals surface area contributed by atoms with E-state index in [0.717, 1.165) is 5.03 Å². The van der Waals surface area contributed by atoms with Gasteiger partial charge in [0.05, 0.1) is 0 Å². The van der Waals surface area contributed by atoms with Crippen LogP contribution in [0.1, 0.15) is 41.0 Å². The number of hydrogen-bond acceptors (Lipinski definition) is 0. The Bertz CT molecular complexity index is 199. The fourth-order valence-electron chi connectivity index (χ4n) is 1.27. The van der Waals surface area contributed by atoms with Crippen molar-refractivity contribution in [3.05, 3.63) is 22.3 Å². The third kappa shape index (κ3) is 3.02. The molecule has 0 fully saturated rings. The van der Waals surface area contributed by atoms with Crippen LogP contribution in [-0.2, 0) is 0 Å². The van der Waals surface area contributed by atoms with Crippen molar-refractivity contribution in [3.63, 3.8) is 0 Å². The van der Waals surface area contributed by atoms with E-state index in [2.05, 4.69) is 26.8 Å². The van der Waals surface area contributed by atoms with Gasteiger partial charge in [0, 0.05) is 5.03 Å². The van der Waals surface area contributed by atoms with Gasteiger partial charge in [0.25, 0.3) is 0 Å². The van der Waals surface area contributed by atoms with E-state index in [-0.39, 0.29) is 0 Å². The zero-order valence-corrected chi connectivity index (χ0v) is 9.50. The van der Waals surface area contributed by atoms with Crippen molar-refractivity contribution in [2.24, 2.45) is 5.92 Å². The van der Waals surface area contributed by atoms with E-state index >= 15 is 0 Å². The average Bonchev–Trinajstić information content (AvgIpc) is 2.04. The van der Waals surface area contributed by atoms with Crippen LogP contribution in [0.5, 0.6) is 0 Å². The van der Waals surface area contributed by atoms with Crippen molar-refractivity contribution < 1.29 is 0 Å². The topological polar surface area (TPSA) is 0 Å². The van der Waals surface area contributed by atoms with Gasteiger partial charge in [-0.25, -0.2) is 0 Å². The Labute approximate surface area is 81.3 Å². The summed E-state index contributed by atoms with van der Waals surface area (Å²) in [5, 5.41) is 0.941. The molecular formula is C11H19Cl. The fourth-order valence-corrected chi connectivity index (χ4v) is 1.65. The first-order chi connectivity index (χ1) is 5.61. The van der Waals surface area contributed by atoms with E-state index in [4.69, 9.17) is 11.6 Å². The van der Waals surface area contributed by atoms with Gasteiger partial charge in [0.2, 0.25) is 0 Å². The summed E-state index contributed by atoms with van der Waals surface area (Å²) in [6.45, 7) is 10.4. The molecule has 0 aromatic heterocycles. The maximum atomic E-state index is 5.96. The molecule has 0 bridgehead atoms. The molecule has 0 aliphatic heterocycles. The van der Waals surface area contributed by atoms with Crippen molar-refractivity contribution in [2.45, 2.75) is 41.0 Å². The van der Waals surface area contributed by atoms with Gasteiger partial charge in [-0.1, -0.05) is 44.0 Å². The molecule has 0 N–H and O–H groups in total. The van der Waals surface area contributed by atoms with E-state index in [9.17, 15) is 0 Å². The maximum absolute atomic E-state index is 5.96. The molecule has 0 saturated heterocycles. The Balaban J connectivity index is 0.000000561. The summed E-state index contributed by atoms with van der Waals surface area (Å²) < 4.78 is 0. The third-order valence-corrected chi connectivity index (χ3v) is 2.47. The zero-order valence-electron chi connectivity index (χ0n) is 8.74. The molecule has 1 atom stereocenters. The lowest BCUT2D eigenvalue weighted by molar-refractivity contribution is 0.697. The third-order valence-electron chi connectivity index (χ3n) is 2.06. The van der Waals surface area contributed by atoms with Gasteiger partial charge in [-0.05, 0) is 31.8 Å². The van der Waals surface area contributed by atoms with E-state index in [0.29, 0.717) is 5.92 Å². The molecule has 1 rings (SSSR count). The van der Waals surface area contributed by atoms with Crippen LogP contribution in [0, 0.1) is 5.92 Å². The molecule has 0 nitrogen and oxygen atoms in total. The van der Waals surface area contributed by atoms with Crippen LogP contribution in [0.15, 0.2) is 22.3 Å². The Kier molecular flexibility index (Phi) is 5.32. The lowest BCUT2D eigenvalue weighted by Gasteiger charge is -2.17. The zero-order chi connectivity index (χ0) is 9.72. The summed E-state index contributed by atoms with van der Waals surface area (Å²) >= 11 is 5.96. The van der Waals surface area contributed by atoms with Crippen molar-refractivity contribution in [3.8, 4) is 0 Å². The molecule has 0 heterocycles. The van der Waals surface area contributed by atoms with E-state index in [1.165, 1.54) is 17.6 Å². The van der Waals surface area contributed by atoms with Gasteiger partial charge in [0.15, 0.2) is 0 Å². The Hall–Kier alpha value is -0.230. The van der Waals surface area contributed by atoms with Crippen LogP contribution >= 0.6 is 11.6 Å². The van der Waals surface area contributed by atoms with Gasteiger partial charge in [-0.15, -0.1) is 0 Å². The van der Waals surface area contributed by atoms with Crippen LogP contribution in [0.25, 0.3) is 0 Å². The average molecular weight is 187 g/mol. The number of hydrogen-bond donors (Lipinski definition) is 0. The van der Waals surface area contributed by atoms with Gasteiger partial charge in [-0.3, -0.25) is 0 Å². The van der Waals surface area contributed by atoms with Gasteiger partial charge < -0.3 is 0 Å². The van der Waals surface area contributed by atoms with E-state index in [1.807, 2.05) is 13.8 Å². The second-order valence-corrected chi connectivity index (χ2v) is 3.51. The van der Waals surface area contributed by atoms with E-state index < -0.39 is 0 Å². The van der Waals surface area contributed by atoms with Gasteiger partial charge in [-0.2, -0.15) is 0 Å². The van der Waals surface area contributed by atoms with Gasteiger partial charge >= 0.3 is 0 Å². The Morgan fingerprint density at radius 2 is 1.83 bits per heavy atom. The fraction of sp³-hybridized carbons (Fsp3) is 0.636. The second kappa shape index (κ2) is 5.42. The summed E-state index contributed by atoms with van der Waals surface area (Å²) in [4.78, 5) is 0. The molecule has 0 radical (unpaired) electrons. The molecular weight excluding hydrogens is 168 g/mol. The van der Waals surface area contributed by atoms with Crippen molar-refractivity contribution in [1.29, 1.82) is 0 Å². The Morgan fingerprint density at radius 3 is 2.25 bits per heavy atom. The molecule has 0 saturated carbocycles. The maximum Gasteiger partial charge on any atom is 0.0397 e. The lowest BCUT2D eigenvalue weighted by atomic mass is 9.92. The molecule has 1 heteroatoms. The lowest BCUT2D eigenvalue weighted by Crippen LogP contribution is -2.00. The SMILES string of the molecule is CC.CC1=C(C)C(Cl)=CC(C)C1. The van der Waals surface area contributed by atoms with Crippen LogP contribution in [0.4, 0.5) is 0 Å². The summed E-state index contributed by atoms with van der Waals surface area (Å²) in [5.74, 6) is 0.621. The quantitative estimate of drug-likeness (QED) is 0.522. The summed E-state index contributed by atoms with van der Waals surface area (Å²) in [6, 6.07) is 0. The molecule has 0 aromatic carbocycles. The predicted octanol–water partition coefficient (Wildman–Crippen LogP) is 4.51. The molecule has 12 heavy (non-hydrogen) atoms. The summed E-state index contributed by atoms with van der Waals surface area (Å²) in [7, 11) is 0. The monoisotopic (exact) mass is 186 g/mol. The smallest absolute Gasteiger partial charge is 0.0397 e. The first-order valence-electron chi connectivity index (χ1n) is 4.65. The molecule has 70 valence electrons. The second-order valence-electron chi connectivity index (χ2n) is 3.10. The molecule has 0 aromatic rings. The molecule has 0 spiro atoms. The predicted molar refractivity (Wildman–Crippen MR) is 57.4 cm³/mol. The Morgan fingerprint density at radius 1 is 1.33 bits per heavy atom. The van der Waals surface area contributed by atoms with Crippen molar-refractivity contribution >= 4 is 11.6 Å². The summed E-state index contributed by atoms with van der Waals surface area (Å²) in [5.41, 5.74) is 2.69. The van der Waals surface area contributed by atoms with Crippen molar-refractivity contribution in [1.82, 2.24) is 0 Å². The van der Waals surface area contributed by atoms with Crippen LogP contribution in [-0.4, -0.2) is 0 Å². The number of allylic oxidation sites excluding steroid dienone is 4. The summed E-state index contributed by atoms with van der Waals surface area (Å²) in [6.07, 6.45) is 3.30. The van der Waals surface area contributed by atoms with Gasteiger partial charge in [0.1, 0.15) is 0 Å². The van der Waals surface area contributed by atoms with E-state index in [1.54, 1.807) is 0 Å². The first-order valence-corrected chi connectivity index (χ1v) is 5.03. The number of rotatable bonds is 0. The minimum atomic E-state index is 0.621. The molecule has 1 aliphatic rings. The number of halogens is 1. The highest BCUT2D eigenvalue weighted by Crippen LogP contribution is 2.29. The highest BCUT2D eigenvalue weighted by Gasteiger charge is 2.11. The highest BCUT2D eigenvalue weighted by atomic mass is 35.5. The van der Waals surface area contributed by atoms with Crippen molar-refractivity contribution in [2.75, 3.05) is 0 Å².